The quantitative estimate of drug-likeness (QED) is 0.241. The highest BCUT2D eigenvalue weighted by atomic mass is 16.4. The zero-order chi connectivity index (χ0) is 18.0. The summed E-state index contributed by atoms with van der Waals surface area (Å²) in [6, 6.07) is -3.11. The summed E-state index contributed by atoms with van der Waals surface area (Å²) in [4.78, 5) is 35.2. The zero-order valence-electron chi connectivity index (χ0n) is 13.6. The number of carbonyl (C=O) groups excluding carboxylic acids is 2. The molecule has 3 atom stereocenters. The molecule has 2 amide bonds. The van der Waals surface area contributed by atoms with Gasteiger partial charge < -0.3 is 32.3 Å². The Morgan fingerprint density at radius 1 is 1.09 bits per heavy atom. The van der Waals surface area contributed by atoms with Crippen LogP contribution in [0.2, 0.25) is 0 Å². The summed E-state index contributed by atoms with van der Waals surface area (Å²) in [5, 5.41) is 22.9. The SMILES string of the molecule is CC(C)C(NC(=O)C(N)CO)C(=O)NC(CCCCN)C(=O)O. The van der Waals surface area contributed by atoms with E-state index in [2.05, 4.69) is 10.6 Å². The van der Waals surface area contributed by atoms with E-state index < -0.39 is 42.5 Å². The molecule has 0 aliphatic rings. The molecule has 0 aromatic carbocycles. The number of aliphatic hydroxyl groups is 1. The lowest BCUT2D eigenvalue weighted by atomic mass is 10.0. The van der Waals surface area contributed by atoms with Crippen molar-refractivity contribution in [2.75, 3.05) is 13.2 Å². The summed E-state index contributed by atoms with van der Waals surface area (Å²) < 4.78 is 0. The third-order valence-electron chi connectivity index (χ3n) is 3.34. The van der Waals surface area contributed by atoms with Gasteiger partial charge in [-0.2, -0.15) is 0 Å². The molecule has 0 fully saturated rings. The minimum absolute atomic E-state index is 0.257. The Morgan fingerprint density at radius 3 is 2.13 bits per heavy atom. The molecule has 0 aliphatic carbocycles. The second kappa shape index (κ2) is 10.9. The zero-order valence-corrected chi connectivity index (χ0v) is 13.6. The van der Waals surface area contributed by atoms with Gasteiger partial charge >= 0.3 is 5.97 Å². The van der Waals surface area contributed by atoms with E-state index in [1.165, 1.54) is 0 Å². The highest BCUT2D eigenvalue weighted by molar-refractivity contribution is 5.91. The second-order valence-electron chi connectivity index (χ2n) is 5.70. The Hall–Kier alpha value is -1.71. The number of nitrogens with one attached hydrogen (secondary N) is 2. The van der Waals surface area contributed by atoms with Gasteiger partial charge in [-0.25, -0.2) is 4.79 Å². The average molecular weight is 332 g/mol. The van der Waals surface area contributed by atoms with Crippen molar-refractivity contribution in [3.8, 4) is 0 Å². The number of rotatable bonds is 11. The van der Waals surface area contributed by atoms with Crippen molar-refractivity contribution in [1.29, 1.82) is 0 Å². The lowest BCUT2D eigenvalue weighted by Gasteiger charge is -2.25. The molecule has 9 nitrogen and oxygen atoms in total. The topological polar surface area (TPSA) is 168 Å². The summed E-state index contributed by atoms with van der Waals surface area (Å²) >= 11 is 0. The average Bonchev–Trinajstić information content (AvgIpc) is 2.49. The molecule has 0 rings (SSSR count). The van der Waals surface area contributed by atoms with Crippen LogP contribution in [0.3, 0.4) is 0 Å². The largest absolute Gasteiger partial charge is 0.480 e. The Bertz CT molecular complexity index is 403. The standard InChI is InChI=1S/C14H28N4O5/c1-8(2)11(18-12(20)9(16)7-19)13(21)17-10(14(22)23)5-3-4-6-15/h8-11,19H,3-7,15-16H2,1-2H3,(H,17,21)(H,18,20)(H,22,23). The number of carboxylic acids is 1. The van der Waals surface area contributed by atoms with Gasteiger partial charge in [-0.15, -0.1) is 0 Å². The number of hydrogen-bond acceptors (Lipinski definition) is 6. The van der Waals surface area contributed by atoms with E-state index in [9.17, 15) is 14.4 Å². The summed E-state index contributed by atoms with van der Waals surface area (Å²) in [5.74, 6) is -2.69. The highest BCUT2D eigenvalue weighted by Crippen LogP contribution is 2.06. The van der Waals surface area contributed by atoms with Gasteiger partial charge in [0, 0.05) is 0 Å². The summed E-state index contributed by atoms with van der Waals surface area (Å²) in [6.45, 7) is 3.32. The van der Waals surface area contributed by atoms with Gasteiger partial charge in [0.2, 0.25) is 11.8 Å². The number of aliphatic hydroxyl groups excluding tert-OH is 1. The number of carboxylic acid groups (broad SMARTS) is 1. The minimum Gasteiger partial charge on any atom is -0.480 e. The van der Waals surface area contributed by atoms with Crippen LogP contribution >= 0.6 is 0 Å². The number of aliphatic carboxylic acids is 1. The minimum atomic E-state index is -1.14. The molecule has 0 spiro atoms. The van der Waals surface area contributed by atoms with Gasteiger partial charge in [0.25, 0.3) is 0 Å². The van der Waals surface area contributed by atoms with Gasteiger partial charge in [0.1, 0.15) is 18.1 Å². The number of amides is 2. The maximum Gasteiger partial charge on any atom is 0.326 e. The first-order valence-corrected chi connectivity index (χ1v) is 7.64. The van der Waals surface area contributed by atoms with Crippen LogP contribution in [0.5, 0.6) is 0 Å². The van der Waals surface area contributed by atoms with Crippen molar-refractivity contribution < 1.29 is 24.6 Å². The third kappa shape index (κ3) is 7.91. The molecular formula is C14H28N4O5. The molecule has 0 radical (unpaired) electrons. The first-order chi connectivity index (χ1) is 10.7. The van der Waals surface area contributed by atoms with E-state index in [-0.39, 0.29) is 12.3 Å². The van der Waals surface area contributed by atoms with E-state index in [0.717, 1.165) is 0 Å². The van der Waals surface area contributed by atoms with Crippen molar-refractivity contribution >= 4 is 17.8 Å². The van der Waals surface area contributed by atoms with E-state index in [0.29, 0.717) is 19.4 Å². The van der Waals surface area contributed by atoms with Crippen LogP contribution in [0.15, 0.2) is 0 Å². The fourth-order valence-electron chi connectivity index (χ4n) is 1.89. The molecule has 0 saturated heterocycles. The smallest absolute Gasteiger partial charge is 0.326 e. The van der Waals surface area contributed by atoms with E-state index >= 15 is 0 Å². The maximum atomic E-state index is 12.3. The predicted molar refractivity (Wildman–Crippen MR) is 84.3 cm³/mol. The van der Waals surface area contributed by atoms with Crippen LogP contribution in [0, 0.1) is 5.92 Å². The van der Waals surface area contributed by atoms with Gasteiger partial charge in [0.15, 0.2) is 0 Å². The lowest BCUT2D eigenvalue weighted by molar-refractivity contribution is -0.142. The first-order valence-electron chi connectivity index (χ1n) is 7.64. The molecule has 0 heterocycles. The molecular weight excluding hydrogens is 304 g/mol. The Labute approximate surface area is 135 Å². The second-order valence-corrected chi connectivity index (χ2v) is 5.70. The molecule has 9 heteroatoms. The maximum absolute atomic E-state index is 12.3. The summed E-state index contributed by atoms with van der Waals surface area (Å²) in [7, 11) is 0. The first kappa shape index (κ1) is 21.3. The normalized spacial score (nSPS) is 14.9. The van der Waals surface area contributed by atoms with Gasteiger partial charge in [-0.1, -0.05) is 13.8 Å². The molecule has 3 unspecified atom stereocenters. The highest BCUT2D eigenvalue weighted by Gasteiger charge is 2.29. The van der Waals surface area contributed by atoms with Gasteiger partial charge in [-0.3, -0.25) is 9.59 Å². The fourth-order valence-corrected chi connectivity index (χ4v) is 1.89. The molecule has 23 heavy (non-hydrogen) atoms. The molecule has 134 valence electrons. The third-order valence-corrected chi connectivity index (χ3v) is 3.34. The molecule has 0 saturated carbocycles. The number of unbranched alkanes of at least 4 members (excludes halogenated alkanes) is 1. The van der Waals surface area contributed by atoms with E-state index in [4.69, 9.17) is 21.7 Å². The number of carbonyl (C=O) groups is 3. The monoisotopic (exact) mass is 332 g/mol. The van der Waals surface area contributed by atoms with Crippen molar-refractivity contribution in [2.24, 2.45) is 17.4 Å². The lowest BCUT2D eigenvalue weighted by Crippen LogP contribution is -2.56. The Kier molecular flexibility index (Phi) is 10.1. The number of nitrogens with two attached hydrogens (primary N) is 2. The summed E-state index contributed by atoms with van der Waals surface area (Å²) in [6.07, 6.45) is 1.49. The van der Waals surface area contributed by atoms with E-state index in [1.807, 2.05) is 0 Å². The van der Waals surface area contributed by atoms with Crippen molar-refractivity contribution in [2.45, 2.75) is 51.2 Å². The molecule has 0 aromatic heterocycles. The van der Waals surface area contributed by atoms with Crippen molar-refractivity contribution in [3.63, 3.8) is 0 Å². The van der Waals surface area contributed by atoms with Crippen LogP contribution in [-0.2, 0) is 14.4 Å². The molecule has 0 aliphatic heterocycles. The summed E-state index contributed by atoms with van der Waals surface area (Å²) in [5.41, 5.74) is 10.8. The van der Waals surface area contributed by atoms with Crippen LogP contribution < -0.4 is 22.1 Å². The van der Waals surface area contributed by atoms with Crippen LogP contribution in [-0.4, -0.2) is 59.3 Å². The van der Waals surface area contributed by atoms with Crippen molar-refractivity contribution in [1.82, 2.24) is 10.6 Å². The van der Waals surface area contributed by atoms with Gasteiger partial charge in [0.05, 0.1) is 6.61 Å². The fraction of sp³-hybridized carbons (Fsp3) is 0.786. The van der Waals surface area contributed by atoms with Crippen LogP contribution in [0.25, 0.3) is 0 Å². The van der Waals surface area contributed by atoms with Gasteiger partial charge in [-0.05, 0) is 31.7 Å². The van der Waals surface area contributed by atoms with Crippen LogP contribution in [0.4, 0.5) is 0 Å². The molecule has 8 N–H and O–H groups in total. The molecule has 0 bridgehead atoms. The Balaban J connectivity index is 4.81. The predicted octanol–water partition coefficient (Wildman–Crippen LogP) is -1.85. The van der Waals surface area contributed by atoms with Crippen molar-refractivity contribution in [3.05, 3.63) is 0 Å². The molecule has 0 aromatic rings. The van der Waals surface area contributed by atoms with Crippen LogP contribution in [0.1, 0.15) is 33.1 Å². The Morgan fingerprint density at radius 2 is 1.70 bits per heavy atom. The number of hydrogen-bond donors (Lipinski definition) is 6. The van der Waals surface area contributed by atoms with E-state index in [1.54, 1.807) is 13.8 Å².